The molecule has 0 radical (unpaired) electrons. The quantitative estimate of drug-likeness (QED) is 0.596. The Bertz CT molecular complexity index is 537. The number of alkyl carbamates (subject to hydrolysis) is 1. The van der Waals surface area contributed by atoms with E-state index >= 15 is 0 Å². The lowest BCUT2D eigenvalue weighted by Gasteiger charge is -2.26. The molecule has 1 aliphatic rings. The molecule has 1 N–H and O–H groups in total. The van der Waals surface area contributed by atoms with E-state index in [9.17, 15) is 19.2 Å². The second-order valence-electron chi connectivity index (χ2n) is 7.19. The molecule has 0 aromatic heterocycles. The van der Waals surface area contributed by atoms with E-state index in [-0.39, 0.29) is 5.92 Å². The Morgan fingerprint density at radius 2 is 1.71 bits per heavy atom. The number of nitrogens with one attached hydrogen (secondary N) is 1. The van der Waals surface area contributed by atoms with Crippen molar-refractivity contribution in [1.29, 1.82) is 0 Å². The number of imide groups is 1. The summed E-state index contributed by atoms with van der Waals surface area (Å²) in [6, 6.07) is -0.944. The number of ether oxygens (including phenoxy) is 1. The minimum Gasteiger partial charge on any atom is -0.444 e. The second-order valence-corrected chi connectivity index (χ2v) is 7.19. The van der Waals surface area contributed by atoms with Gasteiger partial charge in [-0.05, 0) is 26.7 Å². The molecule has 1 heterocycles. The van der Waals surface area contributed by atoms with Gasteiger partial charge in [-0.15, -0.1) is 0 Å². The van der Waals surface area contributed by atoms with Gasteiger partial charge >= 0.3 is 6.09 Å². The van der Waals surface area contributed by atoms with Crippen molar-refractivity contribution in [3.8, 4) is 0 Å². The normalized spacial score (nSPS) is 22.8. The molecule has 1 saturated heterocycles. The number of amides is 3. The summed E-state index contributed by atoms with van der Waals surface area (Å²) >= 11 is 0. The van der Waals surface area contributed by atoms with Crippen molar-refractivity contribution in [2.24, 2.45) is 17.8 Å². The number of carbonyl (C=O) groups excluding carboxylic acids is 4. The number of ketones is 1. The van der Waals surface area contributed by atoms with Crippen LogP contribution in [-0.4, -0.2) is 47.5 Å². The van der Waals surface area contributed by atoms with Gasteiger partial charge in [-0.2, -0.15) is 5.06 Å². The fourth-order valence-corrected chi connectivity index (χ4v) is 2.52. The van der Waals surface area contributed by atoms with E-state index in [0.29, 0.717) is 5.06 Å². The highest BCUT2D eigenvalue weighted by Crippen LogP contribution is 2.29. The maximum atomic E-state index is 12.8. The molecule has 8 heteroatoms. The Kier molecular flexibility index (Phi) is 6.10. The largest absolute Gasteiger partial charge is 0.444 e. The molecular formula is C16H26N2O6. The van der Waals surface area contributed by atoms with Crippen LogP contribution in [0, 0.1) is 17.8 Å². The summed E-state index contributed by atoms with van der Waals surface area (Å²) in [5.74, 6) is -4.11. The topological polar surface area (TPSA) is 102 Å². The number of Topliss-reactive ketones (excluding diaryl/α,β-unsaturated/α-hetero) is 1. The lowest BCUT2D eigenvalue weighted by atomic mass is 9.85. The van der Waals surface area contributed by atoms with E-state index in [1.807, 2.05) is 0 Å². The van der Waals surface area contributed by atoms with Gasteiger partial charge in [0.15, 0.2) is 5.78 Å². The molecule has 3 amide bonds. The number of carbonyl (C=O) groups is 4. The minimum atomic E-state index is -1.18. The summed E-state index contributed by atoms with van der Waals surface area (Å²) < 4.78 is 5.16. The van der Waals surface area contributed by atoms with Crippen molar-refractivity contribution in [2.75, 3.05) is 7.11 Å². The summed E-state index contributed by atoms with van der Waals surface area (Å²) in [4.78, 5) is 53.7. The summed E-state index contributed by atoms with van der Waals surface area (Å²) in [5, 5.41) is 3.10. The molecule has 1 rings (SSSR count). The van der Waals surface area contributed by atoms with Gasteiger partial charge in [0.2, 0.25) is 0 Å². The summed E-state index contributed by atoms with van der Waals surface area (Å²) in [6.07, 6.45) is -0.748. The zero-order chi connectivity index (χ0) is 18.8. The van der Waals surface area contributed by atoms with Crippen LogP contribution < -0.4 is 5.32 Å². The van der Waals surface area contributed by atoms with Gasteiger partial charge in [0.1, 0.15) is 11.5 Å². The van der Waals surface area contributed by atoms with Gasteiger partial charge in [0.05, 0.1) is 19.1 Å². The Morgan fingerprint density at radius 3 is 2.08 bits per heavy atom. The first-order valence-corrected chi connectivity index (χ1v) is 7.85. The molecule has 0 spiro atoms. The highest BCUT2D eigenvalue weighted by atomic mass is 16.7. The average molecular weight is 342 g/mol. The van der Waals surface area contributed by atoms with Crippen LogP contribution in [0.25, 0.3) is 0 Å². The highest BCUT2D eigenvalue weighted by molar-refractivity contribution is 6.16. The van der Waals surface area contributed by atoms with Crippen LogP contribution in [0.5, 0.6) is 0 Å². The molecule has 0 saturated carbocycles. The molecular weight excluding hydrogens is 316 g/mol. The number of hydrogen-bond acceptors (Lipinski definition) is 6. The standard InChI is InChI=1S/C16H26N2O6/c1-8(2)11(17-15(22)24-16(4,5)6)12(19)10-9(3)13(20)18(23-7)14(10)21/h8-11H,1-7H3,(H,17,22)/t9-,10+,11-/m0/s1. The van der Waals surface area contributed by atoms with Gasteiger partial charge in [0, 0.05) is 0 Å². The number of rotatable bonds is 5. The predicted octanol–water partition coefficient (Wildman–Crippen LogP) is 1.29. The lowest BCUT2D eigenvalue weighted by molar-refractivity contribution is -0.181. The highest BCUT2D eigenvalue weighted by Gasteiger charge is 2.51. The van der Waals surface area contributed by atoms with E-state index < -0.39 is 47.2 Å². The molecule has 24 heavy (non-hydrogen) atoms. The maximum Gasteiger partial charge on any atom is 0.408 e. The number of hydroxylamine groups is 2. The third-order valence-corrected chi connectivity index (χ3v) is 3.69. The van der Waals surface area contributed by atoms with Gasteiger partial charge in [-0.25, -0.2) is 4.79 Å². The molecule has 8 nitrogen and oxygen atoms in total. The molecule has 0 bridgehead atoms. The van der Waals surface area contributed by atoms with E-state index in [0.717, 1.165) is 0 Å². The van der Waals surface area contributed by atoms with Crippen molar-refractivity contribution in [2.45, 2.75) is 53.2 Å². The van der Waals surface area contributed by atoms with Gasteiger partial charge in [0.25, 0.3) is 11.8 Å². The Balaban J connectivity index is 2.97. The minimum absolute atomic E-state index is 0.281. The summed E-state index contributed by atoms with van der Waals surface area (Å²) in [5.41, 5.74) is -0.714. The zero-order valence-corrected chi connectivity index (χ0v) is 15.2. The fraction of sp³-hybridized carbons (Fsp3) is 0.750. The summed E-state index contributed by atoms with van der Waals surface area (Å²) in [6.45, 7) is 10.1. The van der Waals surface area contributed by atoms with Crippen molar-refractivity contribution < 1.29 is 28.8 Å². The molecule has 0 aromatic rings. The Labute approximate surface area is 141 Å². The second kappa shape index (κ2) is 7.29. The smallest absolute Gasteiger partial charge is 0.408 e. The molecule has 3 atom stereocenters. The monoisotopic (exact) mass is 342 g/mol. The van der Waals surface area contributed by atoms with E-state index in [1.165, 1.54) is 14.0 Å². The molecule has 136 valence electrons. The average Bonchev–Trinajstić information content (AvgIpc) is 2.63. The SMILES string of the molecule is CON1C(=O)[C@@H](C(=O)[C@@H](NC(=O)OC(C)(C)C)C(C)C)[C@H](C)C1=O. The van der Waals surface area contributed by atoms with Crippen molar-refractivity contribution in [3.05, 3.63) is 0 Å². The zero-order valence-electron chi connectivity index (χ0n) is 15.2. The van der Waals surface area contributed by atoms with Crippen LogP contribution in [0.15, 0.2) is 0 Å². The molecule has 1 fully saturated rings. The Hall–Kier alpha value is -1.96. The summed E-state index contributed by atoms with van der Waals surface area (Å²) in [7, 11) is 1.19. The lowest BCUT2D eigenvalue weighted by Crippen LogP contribution is -2.50. The van der Waals surface area contributed by atoms with Gasteiger partial charge in [-0.3, -0.25) is 19.2 Å². The van der Waals surface area contributed by atoms with Crippen LogP contribution >= 0.6 is 0 Å². The van der Waals surface area contributed by atoms with Crippen LogP contribution in [0.1, 0.15) is 41.5 Å². The van der Waals surface area contributed by atoms with Crippen molar-refractivity contribution in [1.82, 2.24) is 10.4 Å². The number of nitrogens with zero attached hydrogens (tertiary/aromatic N) is 1. The van der Waals surface area contributed by atoms with Crippen LogP contribution in [0.3, 0.4) is 0 Å². The first kappa shape index (κ1) is 20.1. The van der Waals surface area contributed by atoms with E-state index in [1.54, 1.807) is 34.6 Å². The first-order valence-electron chi connectivity index (χ1n) is 7.85. The maximum absolute atomic E-state index is 12.8. The van der Waals surface area contributed by atoms with Crippen LogP contribution in [-0.2, 0) is 24.0 Å². The van der Waals surface area contributed by atoms with Crippen molar-refractivity contribution >= 4 is 23.7 Å². The molecule has 0 unspecified atom stereocenters. The Morgan fingerprint density at radius 1 is 1.17 bits per heavy atom. The molecule has 0 aromatic carbocycles. The van der Waals surface area contributed by atoms with E-state index in [2.05, 4.69) is 5.32 Å². The molecule has 1 aliphatic heterocycles. The third kappa shape index (κ3) is 4.31. The number of hydrogen-bond donors (Lipinski definition) is 1. The predicted molar refractivity (Wildman–Crippen MR) is 84.5 cm³/mol. The molecule has 0 aliphatic carbocycles. The van der Waals surface area contributed by atoms with Crippen LogP contribution in [0.4, 0.5) is 4.79 Å². The van der Waals surface area contributed by atoms with Gasteiger partial charge in [-0.1, -0.05) is 20.8 Å². The fourth-order valence-electron chi connectivity index (χ4n) is 2.52. The van der Waals surface area contributed by atoms with Gasteiger partial charge < -0.3 is 10.1 Å². The third-order valence-electron chi connectivity index (χ3n) is 3.69. The van der Waals surface area contributed by atoms with Crippen molar-refractivity contribution in [3.63, 3.8) is 0 Å². The first-order chi connectivity index (χ1) is 10.9. The van der Waals surface area contributed by atoms with E-state index in [4.69, 9.17) is 9.57 Å². The van der Waals surface area contributed by atoms with Crippen LogP contribution in [0.2, 0.25) is 0 Å².